The number of nitrogens with one attached hydrogen (secondary N) is 2. The predicted octanol–water partition coefficient (Wildman–Crippen LogP) is 9.97. The van der Waals surface area contributed by atoms with Gasteiger partial charge < -0.3 is 14.8 Å². The Labute approximate surface area is 385 Å². The molecule has 67 heavy (non-hydrogen) atoms. The van der Waals surface area contributed by atoms with Gasteiger partial charge in [-0.05, 0) is 70.8 Å². The molecule has 16 heteroatoms. The number of cyclic esters (lactones) is 2. The van der Waals surface area contributed by atoms with Crippen molar-refractivity contribution in [3.8, 4) is 22.3 Å². The van der Waals surface area contributed by atoms with E-state index in [9.17, 15) is 40.4 Å². The first kappa shape index (κ1) is 46.5. The van der Waals surface area contributed by atoms with E-state index in [0.717, 1.165) is 24.3 Å². The van der Waals surface area contributed by atoms with Crippen LogP contribution in [0.2, 0.25) is 0 Å². The molecule has 11 nitrogen and oxygen atoms in total. The fourth-order valence-electron chi connectivity index (χ4n) is 8.64. The highest BCUT2D eigenvalue weighted by atomic mass is 32.2. The lowest BCUT2D eigenvalue weighted by atomic mass is 9.85. The van der Waals surface area contributed by atoms with Gasteiger partial charge in [0.15, 0.2) is 0 Å². The first-order valence-electron chi connectivity index (χ1n) is 21.7. The summed E-state index contributed by atoms with van der Waals surface area (Å²) < 4.78 is 97.7. The zero-order chi connectivity index (χ0) is 47.2. The Bertz CT molecular complexity index is 2890. The summed E-state index contributed by atoms with van der Waals surface area (Å²) in [6.45, 7) is 0.358. The summed E-state index contributed by atoms with van der Waals surface area (Å²) in [5.74, 6) is -3.95. The Morgan fingerprint density at radius 3 is 1.49 bits per heavy atom. The van der Waals surface area contributed by atoms with Crippen molar-refractivity contribution in [2.24, 2.45) is 0 Å². The number of hydrogen-bond donors (Lipinski definition) is 2. The lowest BCUT2D eigenvalue weighted by molar-refractivity contribution is -0.121. The topological polar surface area (TPSA) is 134 Å². The van der Waals surface area contributed by atoms with Crippen LogP contribution in [0, 0.1) is 23.3 Å². The number of halogens is 4. The van der Waals surface area contributed by atoms with Gasteiger partial charge in [-0.3, -0.25) is 14.6 Å². The minimum Gasteiger partial charge on any atom is -0.438 e. The molecule has 2 atom stereocenters. The van der Waals surface area contributed by atoms with Crippen molar-refractivity contribution in [3.05, 3.63) is 180 Å². The summed E-state index contributed by atoms with van der Waals surface area (Å²) in [5, 5.41) is 2.77. The lowest BCUT2D eigenvalue weighted by Gasteiger charge is -2.41. The summed E-state index contributed by atoms with van der Waals surface area (Å²) in [6, 6.07) is 37.9. The van der Waals surface area contributed by atoms with E-state index >= 15 is 0 Å². The molecule has 2 N–H and O–H groups in total. The normalized spacial score (nSPS) is 18.6. The number of carbonyl (C=O) groups excluding carboxylic acids is 3. The SMILES string of the molecule is O=C(CCS(=O)(=O)NCCC1(c2ccccc2)CCN(c2cccc(-c3ccc(F)cc3F)c2)C(=O)O1)NCCC1(c2ccccc2)CCN(c2cccc(-c3ccc(F)cc3F)c2)C(=O)O1. The van der Waals surface area contributed by atoms with Gasteiger partial charge in [0.2, 0.25) is 15.9 Å². The molecule has 6 aromatic rings. The molecule has 6 aromatic carbocycles. The number of benzene rings is 6. The van der Waals surface area contributed by atoms with E-state index in [1.807, 2.05) is 36.4 Å². The summed E-state index contributed by atoms with van der Waals surface area (Å²) >= 11 is 0. The van der Waals surface area contributed by atoms with E-state index in [-0.39, 0.29) is 63.0 Å². The number of nitrogens with zero attached hydrogens (tertiary/aromatic N) is 2. The van der Waals surface area contributed by atoms with Gasteiger partial charge in [-0.15, -0.1) is 0 Å². The van der Waals surface area contributed by atoms with E-state index in [1.165, 1.54) is 21.9 Å². The fourth-order valence-corrected chi connectivity index (χ4v) is 9.66. The number of ether oxygens (including phenoxy) is 2. The van der Waals surface area contributed by atoms with Crippen molar-refractivity contribution in [1.29, 1.82) is 0 Å². The average molecular weight is 935 g/mol. The van der Waals surface area contributed by atoms with Crippen molar-refractivity contribution in [3.63, 3.8) is 0 Å². The van der Waals surface area contributed by atoms with Crippen LogP contribution in [0.25, 0.3) is 22.3 Å². The summed E-state index contributed by atoms with van der Waals surface area (Å²) in [5.41, 5.74) is 1.18. The Kier molecular flexibility index (Phi) is 13.8. The van der Waals surface area contributed by atoms with Crippen LogP contribution in [-0.2, 0) is 35.5 Å². The molecule has 0 saturated carbocycles. The smallest absolute Gasteiger partial charge is 0.415 e. The Hall–Kier alpha value is -7.04. The van der Waals surface area contributed by atoms with E-state index in [4.69, 9.17) is 9.47 Å². The lowest BCUT2D eigenvalue weighted by Crippen LogP contribution is -2.49. The van der Waals surface area contributed by atoms with Crippen LogP contribution in [0.4, 0.5) is 38.5 Å². The highest BCUT2D eigenvalue weighted by Crippen LogP contribution is 2.41. The molecule has 0 aromatic heterocycles. The largest absolute Gasteiger partial charge is 0.438 e. The fraction of sp³-hybridized carbons (Fsp3) is 0.235. The van der Waals surface area contributed by atoms with Crippen LogP contribution in [0.15, 0.2) is 146 Å². The molecule has 0 bridgehead atoms. The van der Waals surface area contributed by atoms with Crippen molar-refractivity contribution < 1.29 is 49.8 Å². The molecule has 2 aliphatic heterocycles. The van der Waals surface area contributed by atoms with Crippen LogP contribution in [-0.4, -0.2) is 58.4 Å². The van der Waals surface area contributed by atoms with Crippen molar-refractivity contribution in [1.82, 2.24) is 10.0 Å². The summed E-state index contributed by atoms with van der Waals surface area (Å²) in [7, 11) is -3.98. The maximum atomic E-state index is 14.6. The number of sulfonamides is 1. The van der Waals surface area contributed by atoms with Gasteiger partial charge >= 0.3 is 12.2 Å². The van der Waals surface area contributed by atoms with Crippen LogP contribution in [0.5, 0.6) is 0 Å². The van der Waals surface area contributed by atoms with Crippen LogP contribution in [0.3, 0.4) is 0 Å². The third-order valence-corrected chi connectivity index (χ3v) is 13.6. The molecule has 0 radical (unpaired) electrons. The minimum atomic E-state index is -3.98. The van der Waals surface area contributed by atoms with Gasteiger partial charge in [0, 0.05) is 92.9 Å². The second-order valence-corrected chi connectivity index (χ2v) is 18.3. The quantitative estimate of drug-likeness (QED) is 0.0924. The van der Waals surface area contributed by atoms with Crippen molar-refractivity contribution in [2.45, 2.75) is 43.3 Å². The average Bonchev–Trinajstić information content (AvgIpc) is 3.31. The highest BCUT2D eigenvalue weighted by Gasteiger charge is 2.44. The molecule has 2 aliphatic rings. The summed E-state index contributed by atoms with van der Waals surface area (Å²) in [4.78, 5) is 43.3. The number of anilines is 2. The van der Waals surface area contributed by atoms with E-state index in [2.05, 4.69) is 10.0 Å². The first-order valence-corrected chi connectivity index (χ1v) is 23.4. The molecule has 3 amide bonds. The maximum Gasteiger partial charge on any atom is 0.415 e. The van der Waals surface area contributed by atoms with Gasteiger partial charge in [0.1, 0.15) is 34.5 Å². The minimum absolute atomic E-state index is 0.0587. The molecule has 2 heterocycles. The predicted molar refractivity (Wildman–Crippen MR) is 245 cm³/mol. The Morgan fingerprint density at radius 1 is 0.582 bits per heavy atom. The maximum absolute atomic E-state index is 14.6. The number of hydrogen-bond acceptors (Lipinski definition) is 7. The first-order chi connectivity index (χ1) is 32.2. The molecule has 8 rings (SSSR count). The highest BCUT2D eigenvalue weighted by molar-refractivity contribution is 7.89. The number of carbonyl (C=O) groups is 3. The van der Waals surface area contributed by atoms with Gasteiger partial charge in [-0.2, -0.15) is 0 Å². The van der Waals surface area contributed by atoms with Gasteiger partial charge in [0.05, 0.1) is 5.75 Å². The standard InChI is InChI=1S/C51H46F4N4O7S/c52-39-17-19-43(45(54)33-39)35-9-7-15-41(31-35)58-28-24-50(65-48(58)61,37-11-3-1-4-12-37)22-26-56-47(60)21-30-67(63,64)57-27-23-51(38-13-5-2-6-14-38)25-29-59(49(62)66-51)42-16-8-10-36(32-42)44-20-18-40(53)34-46(44)55/h1-20,31-34,57H,21-30H2,(H,56,60). The van der Waals surface area contributed by atoms with Crippen molar-refractivity contribution in [2.75, 3.05) is 41.7 Å². The van der Waals surface area contributed by atoms with E-state index in [0.29, 0.717) is 40.0 Å². The number of rotatable bonds is 16. The van der Waals surface area contributed by atoms with Gasteiger partial charge in [-0.25, -0.2) is 40.3 Å². The van der Waals surface area contributed by atoms with Crippen molar-refractivity contribution >= 4 is 39.5 Å². The van der Waals surface area contributed by atoms with Gasteiger partial charge in [-0.1, -0.05) is 84.9 Å². The molecule has 0 aliphatic carbocycles. The third-order valence-electron chi connectivity index (χ3n) is 12.2. The molecule has 2 fully saturated rings. The monoisotopic (exact) mass is 934 g/mol. The molecule has 2 saturated heterocycles. The zero-order valence-electron chi connectivity index (χ0n) is 36.1. The Morgan fingerprint density at radius 2 is 1.04 bits per heavy atom. The van der Waals surface area contributed by atoms with Crippen LogP contribution >= 0.6 is 0 Å². The third kappa shape index (κ3) is 10.7. The molecule has 0 spiro atoms. The van der Waals surface area contributed by atoms with E-state index in [1.54, 1.807) is 72.8 Å². The van der Waals surface area contributed by atoms with Crippen LogP contribution in [0.1, 0.15) is 43.2 Å². The molecular formula is C51H46F4N4O7S. The van der Waals surface area contributed by atoms with E-state index < -0.39 is 68.3 Å². The second-order valence-electron chi connectivity index (χ2n) is 16.4. The van der Waals surface area contributed by atoms with Gasteiger partial charge in [0.25, 0.3) is 0 Å². The molecular weight excluding hydrogens is 889 g/mol. The molecule has 2 unspecified atom stereocenters. The second kappa shape index (κ2) is 19.8. The van der Waals surface area contributed by atoms with Crippen LogP contribution < -0.4 is 19.8 Å². The number of amides is 3. The Balaban J connectivity index is 0.856. The zero-order valence-corrected chi connectivity index (χ0v) is 36.9. The summed E-state index contributed by atoms with van der Waals surface area (Å²) in [6.07, 6.45) is -0.826. The molecule has 346 valence electrons.